The molecule has 0 bridgehead atoms. The van der Waals surface area contributed by atoms with Crippen LogP contribution in [0.25, 0.3) is 0 Å². The number of amides is 1. The van der Waals surface area contributed by atoms with Gasteiger partial charge in [-0.25, -0.2) is 0 Å². The molecule has 0 aliphatic heterocycles. The van der Waals surface area contributed by atoms with Gasteiger partial charge in [-0.05, 0) is 54.2 Å². The van der Waals surface area contributed by atoms with Crippen LogP contribution in [0.1, 0.15) is 43.4 Å². The van der Waals surface area contributed by atoms with Crippen molar-refractivity contribution in [2.75, 3.05) is 11.9 Å². The Hall–Kier alpha value is -1.81. The van der Waals surface area contributed by atoms with Gasteiger partial charge in [-0.3, -0.25) is 4.79 Å². The average Bonchev–Trinajstić information content (AvgIpc) is 2.55. The first-order valence-corrected chi connectivity index (χ1v) is 9.02. The molecule has 0 aromatic heterocycles. The SMILES string of the molecule is CCc1cc(Br)ccc1OCC(=O)Nc1c(C)cccc1C(C)C. The number of anilines is 1. The molecule has 0 fully saturated rings. The van der Waals surface area contributed by atoms with E-state index in [0.717, 1.165) is 39.0 Å². The fraction of sp³-hybridized carbons (Fsp3) is 0.350. The summed E-state index contributed by atoms with van der Waals surface area (Å²) in [6.45, 7) is 8.32. The van der Waals surface area contributed by atoms with Crippen LogP contribution in [0.2, 0.25) is 0 Å². The number of ether oxygens (including phenoxy) is 1. The highest BCUT2D eigenvalue weighted by Crippen LogP contribution is 2.27. The number of carbonyl (C=O) groups excluding carboxylic acids is 1. The Bertz CT molecular complexity index is 726. The Balaban J connectivity index is 2.07. The Morgan fingerprint density at radius 2 is 2.00 bits per heavy atom. The van der Waals surface area contributed by atoms with E-state index in [-0.39, 0.29) is 12.5 Å². The zero-order valence-corrected chi connectivity index (χ0v) is 16.2. The molecule has 0 aliphatic rings. The zero-order valence-electron chi connectivity index (χ0n) is 14.7. The second-order valence-corrected chi connectivity index (χ2v) is 7.05. The van der Waals surface area contributed by atoms with Gasteiger partial charge >= 0.3 is 0 Å². The average molecular weight is 390 g/mol. The molecule has 2 aromatic carbocycles. The number of rotatable bonds is 6. The minimum absolute atomic E-state index is 0.000498. The van der Waals surface area contributed by atoms with Crippen molar-refractivity contribution in [1.82, 2.24) is 0 Å². The van der Waals surface area contributed by atoms with Crippen LogP contribution in [-0.2, 0) is 11.2 Å². The lowest BCUT2D eigenvalue weighted by molar-refractivity contribution is -0.118. The Morgan fingerprint density at radius 3 is 2.67 bits per heavy atom. The van der Waals surface area contributed by atoms with Crippen LogP contribution in [-0.4, -0.2) is 12.5 Å². The lowest BCUT2D eigenvalue weighted by Crippen LogP contribution is -2.22. The summed E-state index contributed by atoms with van der Waals surface area (Å²) in [6.07, 6.45) is 0.853. The third-order valence-corrected chi connectivity index (χ3v) is 4.45. The number of aryl methyl sites for hydroxylation is 2. The lowest BCUT2D eigenvalue weighted by atomic mass is 9.98. The lowest BCUT2D eigenvalue weighted by Gasteiger charge is -2.17. The van der Waals surface area contributed by atoms with E-state index >= 15 is 0 Å². The number of halogens is 1. The summed E-state index contributed by atoms with van der Waals surface area (Å²) >= 11 is 3.46. The molecule has 4 heteroatoms. The highest BCUT2D eigenvalue weighted by molar-refractivity contribution is 9.10. The van der Waals surface area contributed by atoms with Crippen molar-refractivity contribution in [3.8, 4) is 5.75 Å². The normalized spacial score (nSPS) is 10.8. The smallest absolute Gasteiger partial charge is 0.262 e. The molecule has 0 heterocycles. The second-order valence-electron chi connectivity index (χ2n) is 6.14. The molecule has 128 valence electrons. The molecule has 0 radical (unpaired) electrons. The molecule has 2 aromatic rings. The highest BCUT2D eigenvalue weighted by atomic mass is 79.9. The second kappa shape index (κ2) is 8.34. The minimum Gasteiger partial charge on any atom is -0.483 e. The monoisotopic (exact) mass is 389 g/mol. The number of nitrogens with one attached hydrogen (secondary N) is 1. The van der Waals surface area contributed by atoms with Crippen LogP contribution < -0.4 is 10.1 Å². The molecule has 0 saturated heterocycles. The molecule has 0 atom stereocenters. The molecule has 1 amide bonds. The van der Waals surface area contributed by atoms with Crippen molar-refractivity contribution in [3.05, 3.63) is 57.6 Å². The van der Waals surface area contributed by atoms with Crippen LogP contribution in [0.5, 0.6) is 5.75 Å². The Kier molecular flexibility index (Phi) is 6.44. The maximum Gasteiger partial charge on any atom is 0.262 e. The molecular weight excluding hydrogens is 366 g/mol. The molecular formula is C20H24BrNO2. The molecule has 0 spiro atoms. The van der Waals surface area contributed by atoms with E-state index in [4.69, 9.17) is 4.74 Å². The quantitative estimate of drug-likeness (QED) is 0.711. The molecule has 2 rings (SSSR count). The van der Waals surface area contributed by atoms with E-state index in [9.17, 15) is 4.79 Å². The van der Waals surface area contributed by atoms with Crippen molar-refractivity contribution in [3.63, 3.8) is 0 Å². The van der Waals surface area contributed by atoms with Crippen molar-refractivity contribution in [1.29, 1.82) is 0 Å². The van der Waals surface area contributed by atoms with E-state index < -0.39 is 0 Å². The standard InChI is InChI=1S/C20H24BrNO2/c1-5-15-11-16(21)9-10-18(15)24-12-19(23)22-20-14(4)7-6-8-17(20)13(2)3/h6-11,13H,5,12H2,1-4H3,(H,22,23). The molecule has 0 saturated carbocycles. The van der Waals surface area contributed by atoms with Gasteiger partial charge in [0.15, 0.2) is 6.61 Å². The van der Waals surface area contributed by atoms with Crippen molar-refractivity contribution in [2.45, 2.75) is 40.0 Å². The van der Waals surface area contributed by atoms with Crippen LogP contribution >= 0.6 is 15.9 Å². The summed E-state index contributed by atoms with van der Waals surface area (Å²) in [5.74, 6) is 0.958. The first-order valence-electron chi connectivity index (χ1n) is 8.23. The van der Waals surface area contributed by atoms with E-state index in [1.165, 1.54) is 0 Å². The van der Waals surface area contributed by atoms with Crippen LogP contribution in [0.15, 0.2) is 40.9 Å². The summed E-state index contributed by atoms with van der Waals surface area (Å²) in [5.41, 5.74) is 4.18. The third-order valence-electron chi connectivity index (χ3n) is 3.95. The van der Waals surface area contributed by atoms with Crippen molar-refractivity contribution in [2.24, 2.45) is 0 Å². The maximum absolute atomic E-state index is 12.3. The first kappa shape index (κ1) is 18.5. The predicted molar refractivity (Wildman–Crippen MR) is 103 cm³/mol. The number of para-hydroxylation sites is 1. The third kappa shape index (κ3) is 4.60. The molecule has 1 N–H and O–H groups in total. The maximum atomic E-state index is 12.3. The Morgan fingerprint density at radius 1 is 1.25 bits per heavy atom. The summed E-state index contributed by atoms with van der Waals surface area (Å²) in [7, 11) is 0. The van der Waals surface area contributed by atoms with E-state index in [1.54, 1.807) is 0 Å². The van der Waals surface area contributed by atoms with Gasteiger partial charge in [-0.15, -0.1) is 0 Å². The van der Waals surface area contributed by atoms with E-state index in [0.29, 0.717) is 5.92 Å². The van der Waals surface area contributed by atoms with Gasteiger partial charge in [0.1, 0.15) is 5.75 Å². The topological polar surface area (TPSA) is 38.3 Å². The van der Waals surface area contributed by atoms with E-state index in [1.807, 2.05) is 37.3 Å². The van der Waals surface area contributed by atoms with Gasteiger partial charge in [0, 0.05) is 10.2 Å². The zero-order chi connectivity index (χ0) is 17.7. The van der Waals surface area contributed by atoms with Crippen molar-refractivity contribution >= 4 is 27.5 Å². The fourth-order valence-electron chi connectivity index (χ4n) is 2.63. The summed E-state index contributed by atoms with van der Waals surface area (Å²) in [6, 6.07) is 11.9. The summed E-state index contributed by atoms with van der Waals surface area (Å²) in [4.78, 5) is 12.3. The highest BCUT2D eigenvalue weighted by Gasteiger charge is 2.13. The fourth-order valence-corrected chi connectivity index (χ4v) is 3.03. The van der Waals surface area contributed by atoms with Crippen LogP contribution in [0, 0.1) is 6.92 Å². The number of hydrogen-bond acceptors (Lipinski definition) is 2. The van der Waals surface area contributed by atoms with Gasteiger partial charge in [-0.2, -0.15) is 0 Å². The van der Waals surface area contributed by atoms with Gasteiger partial charge in [0.2, 0.25) is 0 Å². The van der Waals surface area contributed by atoms with E-state index in [2.05, 4.69) is 48.1 Å². The summed E-state index contributed by atoms with van der Waals surface area (Å²) in [5, 5.41) is 3.01. The number of carbonyl (C=O) groups is 1. The number of benzene rings is 2. The molecule has 24 heavy (non-hydrogen) atoms. The summed E-state index contributed by atoms with van der Waals surface area (Å²) < 4.78 is 6.74. The van der Waals surface area contributed by atoms with Gasteiger partial charge in [0.25, 0.3) is 5.91 Å². The van der Waals surface area contributed by atoms with Gasteiger partial charge in [0.05, 0.1) is 0 Å². The molecule has 0 aliphatic carbocycles. The minimum atomic E-state index is -0.142. The van der Waals surface area contributed by atoms with Gasteiger partial charge < -0.3 is 10.1 Å². The predicted octanol–water partition coefficient (Wildman–Crippen LogP) is 5.46. The Labute approximate surface area is 152 Å². The largest absolute Gasteiger partial charge is 0.483 e. The number of hydrogen-bond donors (Lipinski definition) is 1. The van der Waals surface area contributed by atoms with Crippen LogP contribution in [0.4, 0.5) is 5.69 Å². The molecule has 0 unspecified atom stereocenters. The van der Waals surface area contributed by atoms with Gasteiger partial charge in [-0.1, -0.05) is 54.9 Å². The van der Waals surface area contributed by atoms with Crippen LogP contribution in [0.3, 0.4) is 0 Å². The van der Waals surface area contributed by atoms with Crippen molar-refractivity contribution < 1.29 is 9.53 Å². The first-order chi connectivity index (χ1) is 11.4. The molecule has 3 nitrogen and oxygen atoms in total.